The van der Waals surface area contributed by atoms with E-state index in [-0.39, 0.29) is 29.2 Å². The molecular formula is C15H20N4O3S. The number of fused-ring (bicyclic) bond motifs is 1. The molecule has 23 heavy (non-hydrogen) atoms. The van der Waals surface area contributed by atoms with E-state index in [1.54, 1.807) is 18.1 Å². The summed E-state index contributed by atoms with van der Waals surface area (Å²) in [6.45, 7) is 0.760. The van der Waals surface area contributed by atoms with E-state index in [1.807, 2.05) is 12.1 Å². The molecule has 8 heteroatoms. The van der Waals surface area contributed by atoms with E-state index in [4.69, 9.17) is 0 Å². The molecule has 0 saturated heterocycles. The van der Waals surface area contributed by atoms with Crippen LogP contribution in [-0.4, -0.2) is 54.3 Å². The van der Waals surface area contributed by atoms with Crippen LogP contribution in [0, 0.1) is 0 Å². The van der Waals surface area contributed by atoms with E-state index < -0.39 is 0 Å². The molecule has 7 nitrogen and oxygen atoms in total. The molecule has 124 valence electrons. The van der Waals surface area contributed by atoms with Gasteiger partial charge in [0.05, 0.1) is 11.5 Å². The predicted octanol–water partition coefficient (Wildman–Crippen LogP) is -0.0438. The van der Waals surface area contributed by atoms with Crippen LogP contribution in [0.3, 0.4) is 0 Å². The van der Waals surface area contributed by atoms with Crippen molar-refractivity contribution < 1.29 is 14.4 Å². The van der Waals surface area contributed by atoms with Crippen molar-refractivity contribution in [3.8, 4) is 0 Å². The zero-order chi connectivity index (χ0) is 16.7. The SMILES string of the molecule is CNC(=O)CSCC(=O)NCCN1C(=O)CCc2cccnc21. The van der Waals surface area contributed by atoms with Gasteiger partial charge in [-0.2, -0.15) is 0 Å². The van der Waals surface area contributed by atoms with Crippen LogP contribution in [0.1, 0.15) is 12.0 Å². The fraction of sp³-hybridized carbons (Fsp3) is 0.467. The van der Waals surface area contributed by atoms with Crippen molar-refractivity contribution in [2.24, 2.45) is 0 Å². The minimum Gasteiger partial charge on any atom is -0.358 e. The number of thioether (sulfide) groups is 1. The highest BCUT2D eigenvalue weighted by atomic mass is 32.2. The van der Waals surface area contributed by atoms with Gasteiger partial charge in [-0.1, -0.05) is 6.07 Å². The van der Waals surface area contributed by atoms with Gasteiger partial charge in [0.1, 0.15) is 5.82 Å². The van der Waals surface area contributed by atoms with Gasteiger partial charge < -0.3 is 10.6 Å². The number of aromatic nitrogens is 1. The molecule has 0 aromatic carbocycles. The Bertz CT molecular complexity index is 594. The van der Waals surface area contributed by atoms with Gasteiger partial charge in [0, 0.05) is 32.8 Å². The molecule has 0 saturated carbocycles. The number of amides is 3. The highest BCUT2D eigenvalue weighted by molar-refractivity contribution is 8.00. The molecule has 1 aromatic rings. The Kier molecular flexibility index (Phi) is 6.40. The van der Waals surface area contributed by atoms with E-state index in [0.29, 0.717) is 31.7 Å². The number of hydrogen-bond donors (Lipinski definition) is 2. The molecule has 0 atom stereocenters. The van der Waals surface area contributed by atoms with E-state index in [0.717, 1.165) is 5.56 Å². The lowest BCUT2D eigenvalue weighted by Crippen LogP contribution is -2.42. The normalized spacial score (nSPS) is 13.4. The molecule has 1 aliphatic rings. The molecule has 2 N–H and O–H groups in total. The summed E-state index contributed by atoms with van der Waals surface area (Å²) in [5.41, 5.74) is 1.06. The maximum Gasteiger partial charge on any atom is 0.230 e. The summed E-state index contributed by atoms with van der Waals surface area (Å²) in [6.07, 6.45) is 2.84. The lowest BCUT2D eigenvalue weighted by atomic mass is 10.1. The van der Waals surface area contributed by atoms with Crippen molar-refractivity contribution in [2.45, 2.75) is 12.8 Å². The Morgan fingerprint density at radius 3 is 2.87 bits per heavy atom. The third kappa shape index (κ3) is 4.95. The molecule has 2 rings (SSSR count). The van der Waals surface area contributed by atoms with Crippen LogP contribution in [0.15, 0.2) is 18.3 Å². The van der Waals surface area contributed by atoms with Gasteiger partial charge in [-0.15, -0.1) is 11.8 Å². The third-order valence-electron chi connectivity index (χ3n) is 3.44. The zero-order valence-corrected chi connectivity index (χ0v) is 13.8. The predicted molar refractivity (Wildman–Crippen MR) is 89.3 cm³/mol. The Hall–Kier alpha value is -2.09. The first kappa shape index (κ1) is 17.3. The fourth-order valence-electron chi connectivity index (χ4n) is 2.26. The highest BCUT2D eigenvalue weighted by Crippen LogP contribution is 2.24. The largest absolute Gasteiger partial charge is 0.358 e. The summed E-state index contributed by atoms with van der Waals surface area (Å²) < 4.78 is 0. The monoisotopic (exact) mass is 336 g/mol. The minimum absolute atomic E-state index is 0.0273. The summed E-state index contributed by atoms with van der Waals surface area (Å²) in [6, 6.07) is 3.83. The first-order chi connectivity index (χ1) is 11.1. The number of anilines is 1. The smallest absolute Gasteiger partial charge is 0.230 e. The molecule has 0 unspecified atom stereocenters. The van der Waals surface area contributed by atoms with Gasteiger partial charge >= 0.3 is 0 Å². The molecular weight excluding hydrogens is 316 g/mol. The molecule has 0 bridgehead atoms. The lowest BCUT2D eigenvalue weighted by Gasteiger charge is -2.28. The van der Waals surface area contributed by atoms with Crippen LogP contribution in [0.4, 0.5) is 5.82 Å². The Morgan fingerprint density at radius 2 is 2.09 bits per heavy atom. The van der Waals surface area contributed by atoms with Crippen LogP contribution in [0.2, 0.25) is 0 Å². The van der Waals surface area contributed by atoms with E-state index >= 15 is 0 Å². The second-order valence-corrected chi connectivity index (χ2v) is 6.03. The third-order valence-corrected chi connectivity index (χ3v) is 4.37. The fourth-order valence-corrected chi connectivity index (χ4v) is 2.98. The van der Waals surface area contributed by atoms with Crippen LogP contribution in [0.5, 0.6) is 0 Å². The zero-order valence-electron chi connectivity index (χ0n) is 13.0. The second kappa shape index (κ2) is 8.52. The maximum absolute atomic E-state index is 12.0. The van der Waals surface area contributed by atoms with Crippen molar-refractivity contribution in [3.05, 3.63) is 23.9 Å². The topological polar surface area (TPSA) is 91.4 Å². The van der Waals surface area contributed by atoms with Gasteiger partial charge in [-0.05, 0) is 18.1 Å². The molecule has 1 aromatic heterocycles. The summed E-state index contributed by atoms with van der Waals surface area (Å²) in [5.74, 6) is 0.933. The number of carbonyl (C=O) groups is 3. The Labute approximate surface area is 139 Å². The molecule has 0 aliphatic carbocycles. The number of aryl methyl sites for hydroxylation is 1. The van der Waals surface area contributed by atoms with E-state index in [1.165, 1.54) is 11.8 Å². The van der Waals surface area contributed by atoms with Gasteiger partial charge in [-0.25, -0.2) is 4.98 Å². The summed E-state index contributed by atoms with van der Waals surface area (Å²) >= 11 is 1.25. The van der Waals surface area contributed by atoms with Crippen molar-refractivity contribution >= 4 is 35.3 Å². The standard InChI is InChI=1S/C15H20N4O3S/c1-16-12(20)9-23-10-13(21)17-7-8-19-14(22)5-4-11-3-2-6-18-15(11)19/h2-3,6H,4-5,7-10H2,1H3,(H,16,20)(H,17,21). The van der Waals surface area contributed by atoms with Crippen molar-refractivity contribution in [2.75, 3.05) is 36.5 Å². The average Bonchev–Trinajstić information content (AvgIpc) is 2.56. The van der Waals surface area contributed by atoms with Crippen LogP contribution < -0.4 is 15.5 Å². The quantitative estimate of drug-likeness (QED) is 0.729. The number of hydrogen-bond acceptors (Lipinski definition) is 5. The van der Waals surface area contributed by atoms with Gasteiger partial charge in [0.2, 0.25) is 17.7 Å². The Balaban J connectivity index is 1.77. The van der Waals surface area contributed by atoms with Crippen LogP contribution >= 0.6 is 11.8 Å². The molecule has 0 radical (unpaired) electrons. The number of carbonyl (C=O) groups excluding carboxylic acids is 3. The van der Waals surface area contributed by atoms with Crippen LogP contribution in [-0.2, 0) is 20.8 Å². The maximum atomic E-state index is 12.0. The van der Waals surface area contributed by atoms with E-state index in [2.05, 4.69) is 15.6 Å². The van der Waals surface area contributed by atoms with Crippen molar-refractivity contribution in [1.82, 2.24) is 15.6 Å². The van der Waals surface area contributed by atoms with Gasteiger partial charge in [0.15, 0.2) is 0 Å². The molecule has 2 heterocycles. The lowest BCUT2D eigenvalue weighted by molar-refractivity contribution is -0.120. The van der Waals surface area contributed by atoms with Crippen molar-refractivity contribution in [3.63, 3.8) is 0 Å². The Morgan fingerprint density at radius 1 is 1.30 bits per heavy atom. The molecule has 0 fully saturated rings. The number of pyridine rings is 1. The highest BCUT2D eigenvalue weighted by Gasteiger charge is 2.24. The summed E-state index contributed by atoms with van der Waals surface area (Å²) in [4.78, 5) is 40.7. The van der Waals surface area contributed by atoms with E-state index in [9.17, 15) is 14.4 Å². The number of nitrogens with one attached hydrogen (secondary N) is 2. The molecule has 1 aliphatic heterocycles. The van der Waals surface area contributed by atoms with Gasteiger partial charge in [0.25, 0.3) is 0 Å². The second-order valence-electron chi connectivity index (χ2n) is 5.05. The summed E-state index contributed by atoms with van der Waals surface area (Å²) in [7, 11) is 1.56. The molecule has 0 spiro atoms. The van der Waals surface area contributed by atoms with Gasteiger partial charge in [-0.3, -0.25) is 19.3 Å². The van der Waals surface area contributed by atoms with Crippen LogP contribution in [0.25, 0.3) is 0 Å². The minimum atomic E-state index is -0.149. The first-order valence-corrected chi connectivity index (χ1v) is 8.56. The average molecular weight is 336 g/mol. The number of rotatable bonds is 7. The number of nitrogens with zero attached hydrogens (tertiary/aromatic N) is 2. The first-order valence-electron chi connectivity index (χ1n) is 7.41. The summed E-state index contributed by atoms with van der Waals surface area (Å²) in [5, 5.41) is 5.26. The molecule has 3 amide bonds. The van der Waals surface area contributed by atoms with Crippen molar-refractivity contribution in [1.29, 1.82) is 0 Å².